The van der Waals surface area contributed by atoms with Crippen LogP contribution in [0.25, 0.3) is 22.3 Å². The fourth-order valence-corrected chi connectivity index (χ4v) is 6.65. The molecule has 42 heavy (non-hydrogen) atoms. The summed E-state index contributed by atoms with van der Waals surface area (Å²) >= 11 is 0. The summed E-state index contributed by atoms with van der Waals surface area (Å²) in [6.07, 6.45) is 1.94. The van der Waals surface area contributed by atoms with E-state index in [2.05, 4.69) is 9.97 Å². The molecule has 1 aliphatic rings. The van der Waals surface area contributed by atoms with Crippen LogP contribution >= 0.6 is 0 Å². The Morgan fingerprint density at radius 2 is 1.57 bits per heavy atom. The van der Waals surface area contributed by atoms with Crippen molar-refractivity contribution >= 4 is 26.9 Å². The third-order valence-electron chi connectivity index (χ3n) is 7.00. The van der Waals surface area contributed by atoms with Crippen LogP contribution in [0.2, 0.25) is 0 Å². The van der Waals surface area contributed by atoms with E-state index in [-0.39, 0.29) is 31.4 Å². The second-order valence-electron chi connectivity index (χ2n) is 9.65. The second-order valence-corrected chi connectivity index (χ2v) is 11.5. The predicted octanol–water partition coefficient (Wildman–Crippen LogP) is 5.45. The van der Waals surface area contributed by atoms with Gasteiger partial charge in [-0.2, -0.15) is 9.40 Å². The molecule has 14 heteroatoms. The molecule has 2 aromatic heterocycles. The van der Waals surface area contributed by atoms with Gasteiger partial charge in [0, 0.05) is 24.7 Å². The van der Waals surface area contributed by atoms with Gasteiger partial charge >= 0.3 is 0 Å². The summed E-state index contributed by atoms with van der Waals surface area (Å²) in [5.74, 6) is -6.20. The maximum atomic E-state index is 14.5. The minimum atomic E-state index is -4.96. The lowest BCUT2D eigenvalue weighted by Gasteiger charge is -2.32. The van der Waals surface area contributed by atoms with E-state index in [0.717, 1.165) is 4.31 Å². The molecule has 0 aliphatic carbocycles. The van der Waals surface area contributed by atoms with Gasteiger partial charge in [0.05, 0.1) is 11.4 Å². The van der Waals surface area contributed by atoms with Gasteiger partial charge in [-0.25, -0.2) is 40.6 Å². The smallest absolute Gasteiger partial charge is 0.249 e. The number of ether oxygens (including phenoxy) is 1. The van der Waals surface area contributed by atoms with E-state index in [4.69, 9.17) is 15.6 Å². The molecule has 0 spiro atoms. The van der Waals surface area contributed by atoms with Crippen LogP contribution in [0.5, 0.6) is 11.5 Å². The van der Waals surface area contributed by atoms with Gasteiger partial charge in [0.25, 0.3) is 0 Å². The lowest BCUT2D eigenvalue weighted by atomic mass is 10.1. The Morgan fingerprint density at radius 3 is 2.26 bits per heavy atom. The number of hydrogen-bond donors (Lipinski definition) is 1. The topological polar surface area (TPSA) is 116 Å². The molecule has 5 aromatic rings. The number of nitrogen functional groups attached to an aromatic ring is 1. The van der Waals surface area contributed by atoms with Crippen LogP contribution < -0.4 is 10.5 Å². The molecule has 1 aliphatic heterocycles. The number of halogens is 4. The zero-order chi connectivity index (χ0) is 29.6. The monoisotopic (exact) mass is 598 g/mol. The number of aromatic nitrogens is 4. The van der Waals surface area contributed by atoms with Crippen molar-refractivity contribution in [2.75, 3.05) is 18.8 Å². The summed E-state index contributed by atoms with van der Waals surface area (Å²) in [5.41, 5.74) is 7.62. The third-order valence-corrected chi connectivity index (χ3v) is 8.89. The average molecular weight is 599 g/mol. The highest BCUT2D eigenvalue weighted by molar-refractivity contribution is 7.89. The van der Waals surface area contributed by atoms with Crippen molar-refractivity contribution in [3.8, 4) is 22.8 Å². The summed E-state index contributed by atoms with van der Waals surface area (Å²) in [6, 6.07) is 15.6. The number of benzene rings is 3. The Labute approximate surface area is 237 Å². The van der Waals surface area contributed by atoms with Crippen molar-refractivity contribution in [1.82, 2.24) is 24.1 Å². The van der Waals surface area contributed by atoms with E-state index >= 15 is 0 Å². The summed E-state index contributed by atoms with van der Waals surface area (Å²) in [5, 5.41) is 5.14. The standard InChI is InChI=1S/C28H22F4N6O3S/c29-20-13-21(30)24(32)26(23(20)31)42(39,40)37-12-4-5-17(14-37)38-28-22(27(33)34-15-35-28)25(36-38)16-8-10-19(11-9-16)41-18-6-2-1-3-7-18/h1-3,6-11,13,15,17H,4-5,12,14H2,(H2,33,34,35). The summed E-state index contributed by atoms with van der Waals surface area (Å²) in [4.78, 5) is 6.74. The Bertz CT molecular complexity index is 1880. The van der Waals surface area contributed by atoms with E-state index in [9.17, 15) is 26.0 Å². The van der Waals surface area contributed by atoms with Gasteiger partial charge in [-0.3, -0.25) is 0 Å². The number of para-hydroxylation sites is 1. The maximum Gasteiger partial charge on any atom is 0.249 e. The van der Waals surface area contributed by atoms with Gasteiger partial charge in [0.1, 0.15) is 29.3 Å². The third kappa shape index (κ3) is 4.81. The zero-order valence-electron chi connectivity index (χ0n) is 21.7. The molecule has 0 radical (unpaired) electrons. The van der Waals surface area contributed by atoms with Gasteiger partial charge in [-0.05, 0) is 49.2 Å². The predicted molar refractivity (Wildman–Crippen MR) is 145 cm³/mol. The molecule has 9 nitrogen and oxygen atoms in total. The Kier molecular flexibility index (Phi) is 7.02. The van der Waals surface area contributed by atoms with Crippen molar-refractivity contribution in [3.05, 3.63) is 90.3 Å². The van der Waals surface area contributed by atoms with Crippen molar-refractivity contribution in [2.24, 2.45) is 0 Å². The van der Waals surface area contributed by atoms with Gasteiger partial charge in [0.2, 0.25) is 10.0 Å². The molecule has 0 bridgehead atoms. The molecule has 2 N–H and O–H groups in total. The molecule has 1 atom stereocenters. The lowest BCUT2D eigenvalue weighted by Crippen LogP contribution is -2.41. The molecule has 1 fully saturated rings. The average Bonchev–Trinajstić information content (AvgIpc) is 3.38. The van der Waals surface area contributed by atoms with Crippen molar-refractivity contribution in [1.29, 1.82) is 0 Å². The van der Waals surface area contributed by atoms with E-state index < -0.39 is 44.2 Å². The van der Waals surface area contributed by atoms with Crippen molar-refractivity contribution < 1.29 is 30.7 Å². The van der Waals surface area contributed by atoms with Crippen LogP contribution in [-0.4, -0.2) is 45.6 Å². The fraction of sp³-hybridized carbons (Fsp3) is 0.179. The SMILES string of the molecule is Nc1ncnc2c1c(-c1ccc(Oc3ccccc3)cc1)nn2C1CCCN(S(=O)(=O)c2c(F)c(F)cc(F)c2F)C1. The summed E-state index contributed by atoms with van der Waals surface area (Å²) in [6.45, 7) is -0.411. The van der Waals surface area contributed by atoms with Gasteiger partial charge in [-0.15, -0.1) is 0 Å². The Morgan fingerprint density at radius 1 is 0.905 bits per heavy atom. The largest absolute Gasteiger partial charge is 0.457 e. The number of piperidine rings is 1. The van der Waals surface area contributed by atoms with Crippen molar-refractivity contribution in [2.45, 2.75) is 23.8 Å². The minimum Gasteiger partial charge on any atom is -0.457 e. The van der Waals surface area contributed by atoms with E-state index in [1.807, 2.05) is 30.3 Å². The minimum absolute atomic E-state index is 0.0372. The first-order chi connectivity index (χ1) is 20.1. The van der Waals surface area contributed by atoms with Gasteiger partial charge in [-0.1, -0.05) is 18.2 Å². The molecule has 0 saturated carbocycles. The zero-order valence-corrected chi connectivity index (χ0v) is 22.5. The number of hydrogen-bond acceptors (Lipinski definition) is 7. The molecule has 3 aromatic carbocycles. The van der Waals surface area contributed by atoms with Crippen molar-refractivity contribution in [3.63, 3.8) is 0 Å². The van der Waals surface area contributed by atoms with Crippen LogP contribution in [0, 0.1) is 23.3 Å². The first-order valence-corrected chi connectivity index (χ1v) is 14.2. The second kappa shape index (κ2) is 10.7. The highest BCUT2D eigenvalue weighted by Crippen LogP contribution is 2.36. The van der Waals surface area contributed by atoms with Crippen LogP contribution in [0.3, 0.4) is 0 Å². The van der Waals surface area contributed by atoms with Crippen LogP contribution in [0.1, 0.15) is 18.9 Å². The van der Waals surface area contributed by atoms with E-state index in [1.165, 1.54) is 11.0 Å². The van der Waals surface area contributed by atoms with Gasteiger partial charge in [0.15, 0.2) is 33.8 Å². The number of anilines is 1. The van der Waals surface area contributed by atoms with E-state index in [0.29, 0.717) is 40.2 Å². The number of fused-ring (bicyclic) bond motifs is 1. The molecule has 6 rings (SSSR count). The molecule has 216 valence electrons. The number of nitrogens with zero attached hydrogens (tertiary/aromatic N) is 5. The fourth-order valence-electron chi connectivity index (χ4n) is 5.00. The van der Waals surface area contributed by atoms with Crippen LogP contribution in [-0.2, 0) is 10.0 Å². The summed E-state index contributed by atoms with van der Waals surface area (Å²) < 4.78 is 91.3. The molecule has 1 saturated heterocycles. The normalized spacial score (nSPS) is 16.1. The molecule has 1 unspecified atom stereocenters. The van der Waals surface area contributed by atoms with Gasteiger partial charge < -0.3 is 10.5 Å². The summed E-state index contributed by atoms with van der Waals surface area (Å²) in [7, 11) is -4.96. The first-order valence-electron chi connectivity index (χ1n) is 12.8. The number of rotatable bonds is 6. The Balaban J connectivity index is 1.35. The Hall–Kier alpha value is -4.56. The molecule has 3 heterocycles. The molecular formula is C28H22F4N6O3S. The lowest BCUT2D eigenvalue weighted by molar-refractivity contribution is 0.255. The van der Waals surface area contributed by atoms with Crippen LogP contribution in [0.15, 0.2) is 71.9 Å². The number of sulfonamides is 1. The van der Waals surface area contributed by atoms with E-state index in [1.54, 1.807) is 24.3 Å². The molecular weight excluding hydrogens is 576 g/mol. The molecule has 0 amide bonds. The highest BCUT2D eigenvalue weighted by Gasteiger charge is 2.38. The number of nitrogens with two attached hydrogens (primary N) is 1. The van der Waals surface area contributed by atoms with Crippen LogP contribution in [0.4, 0.5) is 23.4 Å². The quantitative estimate of drug-likeness (QED) is 0.204. The highest BCUT2D eigenvalue weighted by atomic mass is 32.2. The maximum absolute atomic E-state index is 14.5. The first kappa shape index (κ1) is 27.6.